The Labute approximate surface area is 157 Å². The fraction of sp³-hybridized carbons (Fsp3) is 0.600. The molecule has 0 bridgehead atoms. The largest absolute Gasteiger partial charge is 0.506 e. The molecule has 0 amide bonds. The van der Waals surface area contributed by atoms with Crippen LogP contribution in [-0.4, -0.2) is 86.8 Å². The van der Waals surface area contributed by atoms with Crippen molar-refractivity contribution in [2.75, 3.05) is 33.6 Å². The Kier molecular flexibility index (Phi) is 46.4. The highest BCUT2D eigenvalue weighted by molar-refractivity contribution is 5.57. The molecular weight excluding hydrogens is 372 g/mol. The fourth-order valence-corrected chi connectivity index (χ4v) is 0.532. The number of ether oxygens (including phenoxy) is 2. The van der Waals surface area contributed by atoms with Crippen LogP contribution in [0.4, 0.5) is 9.59 Å². The second kappa shape index (κ2) is 35.0. The molecule has 0 aromatic carbocycles. The third-order valence-corrected chi connectivity index (χ3v) is 1.80. The van der Waals surface area contributed by atoms with Crippen molar-refractivity contribution in [1.82, 2.24) is 0 Å². The number of aliphatic hydroxyl groups excluding tert-OH is 3. The van der Waals surface area contributed by atoms with Crippen LogP contribution < -0.4 is 0 Å². The predicted octanol–water partition coefficient (Wildman–Crippen LogP) is 0.0799. The van der Waals surface area contributed by atoms with E-state index in [0.717, 1.165) is 24.0 Å². The van der Waals surface area contributed by atoms with E-state index in [4.69, 9.17) is 40.9 Å². The zero-order valence-corrected chi connectivity index (χ0v) is 15.6. The number of hydrogen-bond acceptors (Lipinski definition) is 10. The van der Waals surface area contributed by atoms with Crippen LogP contribution in [0, 0.1) is 0 Å². The Morgan fingerprint density at radius 2 is 0.852 bits per heavy atom. The normalized spacial score (nSPS) is 7.70. The maximum Gasteiger partial charge on any atom is 0.506 e. The van der Waals surface area contributed by atoms with Crippen LogP contribution >= 0.6 is 0 Å². The summed E-state index contributed by atoms with van der Waals surface area (Å²) in [6.45, 7) is 8.89. The van der Waals surface area contributed by atoms with E-state index in [1.165, 1.54) is 0 Å². The highest BCUT2D eigenvalue weighted by Crippen LogP contribution is 1.96. The minimum atomic E-state index is -1.25. The summed E-state index contributed by atoms with van der Waals surface area (Å²) in [5.41, 5.74) is 1.58. The minimum absolute atomic E-state index is 0.117. The average molecular weight is 404 g/mol. The van der Waals surface area contributed by atoms with E-state index >= 15 is 0 Å². The summed E-state index contributed by atoms with van der Waals surface area (Å²) in [5, 5.41) is 58.7. The molecule has 0 aliphatic carbocycles. The van der Waals surface area contributed by atoms with Gasteiger partial charge in [-0.2, -0.15) is 0 Å². The van der Waals surface area contributed by atoms with Crippen molar-refractivity contribution in [3.05, 3.63) is 24.3 Å². The second-order valence-electron chi connectivity index (χ2n) is 3.74. The Bertz CT molecular complexity index is 309. The highest BCUT2D eigenvalue weighted by Gasteiger charge is 1.96. The Morgan fingerprint density at radius 1 is 0.667 bits per heavy atom. The van der Waals surface area contributed by atoms with Crippen molar-refractivity contribution in [1.29, 1.82) is 0 Å². The molecule has 0 radical (unpaired) electrons. The lowest BCUT2D eigenvalue weighted by molar-refractivity contribution is 0.0767. The van der Waals surface area contributed by atoms with Gasteiger partial charge in [0.2, 0.25) is 0 Å². The van der Waals surface area contributed by atoms with Crippen molar-refractivity contribution >= 4 is 12.3 Å². The summed E-state index contributed by atoms with van der Waals surface area (Å²) >= 11 is 0. The van der Waals surface area contributed by atoms with Crippen LogP contribution in [0.1, 0.15) is 26.7 Å². The van der Waals surface area contributed by atoms with E-state index in [1.54, 1.807) is 0 Å². The topological polar surface area (TPSA) is 214 Å². The van der Waals surface area contributed by atoms with Gasteiger partial charge in [0, 0.05) is 0 Å². The second-order valence-corrected chi connectivity index (χ2v) is 3.74. The lowest BCUT2D eigenvalue weighted by Crippen LogP contribution is -2.02. The maximum absolute atomic E-state index is 9.76. The molecule has 164 valence electrons. The summed E-state index contributed by atoms with van der Waals surface area (Å²) in [7, 11) is 0. The zero-order valence-electron chi connectivity index (χ0n) is 15.6. The van der Waals surface area contributed by atoms with Gasteiger partial charge in [0.1, 0.15) is 33.6 Å². The van der Waals surface area contributed by atoms with Gasteiger partial charge in [0.05, 0.1) is 0 Å². The van der Waals surface area contributed by atoms with Gasteiger partial charge in [-0.15, -0.1) is 0 Å². The summed E-state index contributed by atoms with van der Waals surface area (Å²) in [6.07, 6.45) is -0.977. The Hall–Kier alpha value is -2.22. The quantitative estimate of drug-likeness (QED) is 0.168. The molecule has 8 N–H and O–H groups in total. The third-order valence-electron chi connectivity index (χ3n) is 1.80. The predicted molar refractivity (Wildman–Crippen MR) is 94.7 cm³/mol. The lowest BCUT2D eigenvalue weighted by Gasteiger charge is -1.99. The van der Waals surface area contributed by atoms with E-state index in [-0.39, 0.29) is 13.2 Å². The zero-order chi connectivity index (χ0) is 22.7. The first-order valence-corrected chi connectivity index (χ1v) is 7.27. The van der Waals surface area contributed by atoms with Crippen molar-refractivity contribution < 1.29 is 59.9 Å². The lowest BCUT2D eigenvalue weighted by atomic mass is 10.3. The molecule has 12 nitrogen and oxygen atoms in total. The van der Waals surface area contributed by atoms with Gasteiger partial charge >= 0.3 is 12.3 Å². The molecule has 0 fully saturated rings. The van der Waals surface area contributed by atoms with Crippen molar-refractivity contribution in [2.24, 2.45) is 0 Å². The van der Waals surface area contributed by atoms with Crippen LogP contribution in [-0.2, 0) is 9.47 Å². The van der Waals surface area contributed by atoms with Gasteiger partial charge in [-0.3, -0.25) is 0 Å². The van der Waals surface area contributed by atoms with Gasteiger partial charge in [-0.1, -0.05) is 27.0 Å². The van der Waals surface area contributed by atoms with Gasteiger partial charge < -0.3 is 50.3 Å². The molecule has 0 heterocycles. The van der Waals surface area contributed by atoms with Gasteiger partial charge in [-0.05, 0) is 24.0 Å². The standard InChI is InChI=1S/2C6H10O3.3CH4O2/c2*1-3-5(2)4-9-6(7)8;3*2-1-3/h2*2-4H2,1H3,(H,7,8);3*2-3H,1H2. The van der Waals surface area contributed by atoms with E-state index in [0.29, 0.717) is 0 Å². The monoisotopic (exact) mass is 404 g/mol. The number of carbonyl (C=O) groups is 2. The molecular formula is C15H32O12. The average Bonchev–Trinajstić information content (AvgIpc) is 2.60. The van der Waals surface area contributed by atoms with Crippen molar-refractivity contribution in [3.8, 4) is 0 Å². The fourth-order valence-electron chi connectivity index (χ4n) is 0.532. The van der Waals surface area contributed by atoms with Crippen molar-refractivity contribution in [3.63, 3.8) is 0 Å². The summed E-state index contributed by atoms with van der Waals surface area (Å²) < 4.78 is 8.42. The SMILES string of the molecule is C=C(CC)COC(=O)O.C=C(CC)COC(=O)O.OCO.OCO.OCO. The molecule has 0 aliphatic rings. The van der Waals surface area contributed by atoms with E-state index in [1.807, 2.05) is 13.8 Å². The molecule has 12 heteroatoms. The van der Waals surface area contributed by atoms with E-state index in [9.17, 15) is 9.59 Å². The third kappa shape index (κ3) is 81.3. The highest BCUT2D eigenvalue weighted by atomic mass is 16.7. The summed E-state index contributed by atoms with van der Waals surface area (Å²) in [6, 6.07) is 0. The van der Waals surface area contributed by atoms with E-state index < -0.39 is 32.7 Å². The molecule has 0 spiro atoms. The molecule has 0 aromatic rings. The smallest absolute Gasteiger partial charge is 0.450 e. The van der Waals surface area contributed by atoms with Gasteiger partial charge in [-0.25, -0.2) is 9.59 Å². The minimum Gasteiger partial charge on any atom is -0.450 e. The first kappa shape index (κ1) is 35.8. The van der Waals surface area contributed by atoms with Crippen LogP contribution in [0.2, 0.25) is 0 Å². The van der Waals surface area contributed by atoms with Gasteiger partial charge in [0.15, 0.2) is 0 Å². The van der Waals surface area contributed by atoms with Crippen LogP contribution in [0.5, 0.6) is 0 Å². The molecule has 27 heavy (non-hydrogen) atoms. The molecule has 0 saturated carbocycles. The first-order chi connectivity index (χ1) is 12.6. The first-order valence-electron chi connectivity index (χ1n) is 7.27. The van der Waals surface area contributed by atoms with Crippen LogP contribution in [0.3, 0.4) is 0 Å². The Morgan fingerprint density at radius 3 is 0.963 bits per heavy atom. The molecule has 0 aromatic heterocycles. The van der Waals surface area contributed by atoms with Crippen LogP contribution in [0.15, 0.2) is 24.3 Å². The molecule has 0 atom stereocenters. The maximum atomic E-state index is 9.76. The van der Waals surface area contributed by atoms with Crippen LogP contribution in [0.25, 0.3) is 0 Å². The van der Waals surface area contributed by atoms with Gasteiger partial charge in [0.25, 0.3) is 0 Å². The summed E-state index contributed by atoms with van der Waals surface area (Å²) in [4.78, 5) is 19.5. The molecule has 0 aliphatic heterocycles. The molecule has 0 unspecified atom stereocenters. The molecule has 0 rings (SSSR count). The van der Waals surface area contributed by atoms with E-state index in [2.05, 4.69) is 22.6 Å². The number of aliphatic hydroxyl groups is 6. The molecule has 0 saturated heterocycles. The number of carboxylic acid groups (broad SMARTS) is 2. The Balaban J connectivity index is -0.0000000835. The summed E-state index contributed by atoms with van der Waals surface area (Å²) in [5.74, 6) is 0. The van der Waals surface area contributed by atoms with Crippen molar-refractivity contribution in [2.45, 2.75) is 26.7 Å². The number of hydrogen-bond donors (Lipinski definition) is 8. The number of rotatable bonds is 6.